The SMILES string of the molecule is C[C@H]1C[C@H](N2C(=O)C[C@@](C)(c3cccc(-c4ccc(C5CC5)nc4)c3Cl)N=C2N)CCS1(=O)=O. The van der Waals surface area contributed by atoms with Crippen LogP contribution in [0.2, 0.25) is 5.02 Å². The fourth-order valence-corrected chi connectivity index (χ4v) is 7.10. The molecule has 34 heavy (non-hydrogen) atoms. The van der Waals surface area contributed by atoms with Crippen molar-refractivity contribution >= 4 is 33.3 Å². The van der Waals surface area contributed by atoms with Gasteiger partial charge in [0.1, 0.15) is 0 Å². The molecule has 2 N–H and O–H groups in total. The number of rotatable bonds is 4. The molecule has 1 aromatic carbocycles. The van der Waals surface area contributed by atoms with E-state index in [0.717, 1.165) is 22.4 Å². The second-order valence-electron chi connectivity index (χ2n) is 9.95. The highest BCUT2D eigenvalue weighted by molar-refractivity contribution is 7.92. The Kier molecular flexibility index (Phi) is 5.72. The number of nitrogens with zero attached hydrogens (tertiary/aromatic N) is 3. The Labute approximate surface area is 205 Å². The van der Waals surface area contributed by atoms with Crippen LogP contribution < -0.4 is 5.73 Å². The van der Waals surface area contributed by atoms with E-state index in [1.54, 1.807) is 6.92 Å². The zero-order chi connectivity index (χ0) is 24.3. The Morgan fingerprint density at radius 2 is 1.94 bits per heavy atom. The van der Waals surface area contributed by atoms with Crippen molar-refractivity contribution in [1.29, 1.82) is 0 Å². The molecular formula is C25H29ClN4O3S. The molecule has 2 aromatic rings. The molecule has 0 spiro atoms. The van der Waals surface area contributed by atoms with Gasteiger partial charge in [0.15, 0.2) is 15.8 Å². The fraction of sp³-hybridized carbons (Fsp3) is 0.480. The third kappa shape index (κ3) is 4.11. The van der Waals surface area contributed by atoms with E-state index in [1.807, 2.05) is 37.4 Å². The van der Waals surface area contributed by atoms with Crippen LogP contribution in [0.4, 0.5) is 0 Å². The number of sulfone groups is 1. The van der Waals surface area contributed by atoms with Gasteiger partial charge in [-0.25, -0.2) is 13.4 Å². The Morgan fingerprint density at radius 3 is 2.56 bits per heavy atom. The summed E-state index contributed by atoms with van der Waals surface area (Å²) in [6.07, 6.45) is 5.08. The monoisotopic (exact) mass is 500 g/mol. The predicted molar refractivity (Wildman–Crippen MR) is 133 cm³/mol. The van der Waals surface area contributed by atoms with Crippen molar-refractivity contribution in [2.24, 2.45) is 10.7 Å². The first kappa shape index (κ1) is 23.3. The molecule has 1 amide bonds. The summed E-state index contributed by atoms with van der Waals surface area (Å²) in [5.41, 5.74) is 9.01. The standard InChI is InChI=1S/C25H29ClN4O3S/c1-15-12-18(10-11-34(15,32)33)30-22(31)13-25(2,29-24(30)27)20-5-3-4-19(23(20)26)17-8-9-21(28-14-17)16-6-7-16/h3-5,8-9,14-16,18H,6-7,10-13H2,1-2H3,(H2,27,29)/t15-,18+,25-/m0/s1. The van der Waals surface area contributed by atoms with E-state index >= 15 is 0 Å². The summed E-state index contributed by atoms with van der Waals surface area (Å²) in [5.74, 6) is 0.584. The van der Waals surface area contributed by atoms with Gasteiger partial charge in [0.05, 0.1) is 28.0 Å². The van der Waals surface area contributed by atoms with Crippen LogP contribution in [-0.4, -0.2) is 47.2 Å². The highest BCUT2D eigenvalue weighted by atomic mass is 35.5. The Balaban J connectivity index is 1.45. The number of halogens is 1. The second-order valence-corrected chi connectivity index (χ2v) is 12.9. The highest BCUT2D eigenvalue weighted by Crippen LogP contribution is 2.43. The van der Waals surface area contributed by atoms with Crippen LogP contribution in [0, 0.1) is 0 Å². The topological polar surface area (TPSA) is 106 Å². The number of aromatic nitrogens is 1. The van der Waals surface area contributed by atoms with Crippen LogP contribution in [0.5, 0.6) is 0 Å². The smallest absolute Gasteiger partial charge is 0.232 e. The average Bonchev–Trinajstić information content (AvgIpc) is 3.61. The number of nitrogens with two attached hydrogens (primary N) is 1. The van der Waals surface area contributed by atoms with Crippen LogP contribution in [0.15, 0.2) is 41.5 Å². The van der Waals surface area contributed by atoms with Gasteiger partial charge in [0.25, 0.3) is 0 Å². The van der Waals surface area contributed by atoms with Gasteiger partial charge in [-0.3, -0.25) is 14.7 Å². The summed E-state index contributed by atoms with van der Waals surface area (Å²) in [7, 11) is -3.12. The van der Waals surface area contributed by atoms with Crippen LogP contribution in [0.25, 0.3) is 11.1 Å². The van der Waals surface area contributed by atoms with Gasteiger partial charge >= 0.3 is 0 Å². The number of pyridine rings is 1. The molecule has 1 saturated carbocycles. The summed E-state index contributed by atoms with van der Waals surface area (Å²) in [4.78, 5) is 24.1. The van der Waals surface area contributed by atoms with E-state index < -0.39 is 20.6 Å². The molecule has 7 nitrogen and oxygen atoms in total. The summed E-state index contributed by atoms with van der Waals surface area (Å²) >= 11 is 6.88. The molecule has 9 heteroatoms. The zero-order valence-electron chi connectivity index (χ0n) is 19.4. The van der Waals surface area contributed by atoms with Crippen molar-refractivity contribution in [3.05, 3.63) is 52.8 Å². The highest BCUT2D eigenvalue weighted by Gasteiger charge is 2.44. The van der Waals surface area contributed by atoms with E-state index in [0.29, 0.717) is 23.8 Å². The number of aliphatic imine (C=N–C) groups is 1. The van der Waals surface area contributed by atoms with Gasteiger partial charge in [0.2, 0.25) is 5.91 Å². The van der Waals surface area contributed by atoms with Crippen molar-refractivity contribution in [1.82, 2.24) is 9.88 Å². The maximum atomic E-state index is 13.3. The lowest BCUT2D eigenvalue weighted by atomic mass is 9.85. The lowest BCUT2D eigenvalue weighted by molar-refractivity contribution is -0.131. The second kappa shape index (κ2) is 8.34. The van der Waals surface area contributed by atoms with Crippen molar-refractivity contribution in [2.75, 3.05) is 5.75 Å². The third-order valence-electron chi connectivity index (χ3n) is 7.36. The lowest BCUT2D eigenvalue weighted by Crippen LogP contribution is -2.56. The quantitative estimate of drug-likeness (QED) is 0.682. The Bertz CT molecular complexity index is 1270. The van der Waals surface area contributed by atoms with Crippen molar-refractivity contribution in [2.45, 2.75) is 68.7 Å². The molecule has 2 fully saturated rings. The molecule has 2 aliphatic heterocycles. The van der Waals surface area contributed by atoms with Crippen LogP contribution in [-0.2, 0) is 20.2 Å². The minimum absolute atomic E-state index is 0.0502. The summed E-state index contributed by atoms with van der Waals surface area (Å²) < 4.78 is 24.2. The number of benzene rings is 1. The Morgan fingerprint density at radius 1 is 1.18 bits per heavy atom. The molecule has 3 aliphatic rings. The molecule has 0 bridgehead atoms. The van der Waals surface area contributed by atoms with Crippen LogP contribution >= 0.6 is 11.6 Å². The van der Waals surface area contributed by atoms with Crippen molar-refractivity contribution < 1.29 is 13.2 Å². The van der Waals surface area contributed by atoms with E-state index in [4.69, 9.17) is 22.3 Å². The first-order chi connectivity index (χ1) is 16.1. The predicted octanol–water partition coefficient (Wildman–Crippen LogP) is 4.01. The first-order valence-electron chi connectivity index (χ1n) is 11.7. The minimum Gasteiger partial charge on any atom is -0.369 e. The maximum absolute atomic E-state index is 13.3. The number of carbonyl (C=O) groups is 1. The van der Waals surface area contributed by atoms with Gasteiger partial charge in [-0.05, 0) is 51.2 Å². The molecule has 3 atom stereocenters. The summed E-state index contributed by atoms with van der Waals surface area (Å²) in [6, 6.07) is 9.56. The van der Waals surface area contributed by atoms with Crippen molar-refractivity contribution in [3.63, 3.8) is 0 Å². The van der Waals surface area contributed by atoms with Crippen molar-refractivity contribution in [3.8, 4) is 11.1 Å². The average molecular weight is 501 g/mol. The molecule has 0 radical (unpaired) electrons. The summed E-state index contributed by atoms with van der Waals surface area (Å²) in [5, 5.41) is 0.0207. The lowest BCUT2D eigenvalue weighted by Gasteiger charge is -2.41. The first-order valence-corrected chi connectivity index (χ1v) is 13.8. The van der Waals surface area contributed by atoms with E-state index in [1.165, 1.54) is 17.7 Å². The Hall–Kier alpha value is -2.45. The van der Waals surface area contributed by atoms with Crippen LogP contribution in [0.3, 0.4) is 0 Å². The molecule has 180 valence electrons. The molecule has 1 aliphatic carbocycles. The molecule has 5 rings (SSSR count). The third-order valence-corrected chi connectivity index (χ3v) is 9.99. The van der Waals surface area contributed by atoms with Gasteiger partial charge in [0, 0.05) is 35.0 Å². The zero-order valence-corrected chi connectivity index (χ0v) is 20.9. The largest absolute Gasteiger partial charge is 0.369 e. The number of carbonyl (C=O) groups excluding carboxylic acids is 1. The van der Waals surface area contributed by atoms with Gasteiger partial charge in [-0.1, -0.05) is 35.9 Å². The molecule has 3 heterocycles. The number of amides is 1. The minimum atomic E-state index is -3.12. The maximum Gasteiger partial charge on any atom is 0.232 e. The molecule has 0 unspecified atom stereocenters. The summed E-state index contributed by atoms with van der Waals surface area (Å²) in [6.45, 7) is 3.55. The molecular weight excluding hydrogens is 472 g/mol. The number of hydrogen-bond acceptors (Lipinski definition) is 6. The normalized spacial score (nSPS) is 29.1. The molecule has 1 saturated heterocycles. The number of hydrogen-bond donors (Lipinski definition) is 1. The van der Waals surface area contributed by atoms with E-state index in [2.05, 4.69) is 11.1 Å². The van der Waals surface area contributed by atoms with E-state index in [-0.39, 0.29) is 30.1 Å². The van der Waals surface area contributed by atoms with E-state index in [9.17, 15) is 13.2 Å². The molecule has 1 aromatic heterocycles. The number of guanidine groups is 1. The van der Waals surface area contributed by atoms with Gasteiger partial charge in [-0.2, -0.15) is 0 Å². The van der Waals surface area contributed by atoms with Crippen LogP contribution in [0.1, 0.15) is 63.1 Å². The fourth-order valence-electron chi connectivity index (χ4n) is 5.14. The van der Waals surface area contributed by atoms with Gasteiger partial charge in [-0.15, -0.1) is 0 Å². The van der Waals surface area contributed by atoms with Gasteiger partial charge < -0.3 is 5.73 Å².